The molecule has 0 aromatic heterocycles. The summed E-state index contributed by atoms with van der Waals surface area (Å²) in [7, 11) is 0. The van der Waals surface area contributed by atoms with E-state index in [1.807, 2.05) is 12.1 Å². The zero-order chi connectivity index (χ0) is 15.6. The second-order valence-corrected chi connectivity index (χ2v) is 6.81. The predicted molar refractivity (Wildman–Crippen MR) is 92.8 cm³/mol. The molecule has 0 bridgehead atoms. The number of piperidine rings is 1. The molecule has 0 radical (unpaired) electrons. The maximum atomic E-state index is 9.05. The number of hydrazine groups is 1. The molecule has 0 unspecified atom stereocenters. The van der Waals surface area contributed by atoms with E-state index >= 15 is 0 Å². The van der Waals surface area contributed by atoms with Crippen molar-refractivity contribution in [1.29, 1.82) is 5.26 Å². The van der Waals surface area contributed by atoms with Gasteiger partial charge in [-0.1, -0.05) is 25.5 Å². The third kappa shape index (κ3) is 2.86. The highest BCUT2D eigenvalue weighted by Gasteiger charge is 2.39. The van der Waals surface area contributed by atoms with Gasteiger partial charge in [0.15, 0.2) is 0 Å². The first-order chi connectivity index (χ1) is 10.7. The van der Waals surface area contributed by atoms with Gasteiger partial charge in [0, 0.05) is 24.7 Å². The van der Waals surface area contributed by atoms with Crippen molar-refractivity contribution in [2.75, 3.05) is 29.1 Å². The largest absolute Gasteiger partial charge is 0.397 e. The van der Waals surface area contributed by atoms with Gasteiger partial charge in [0.25, 0.3) is 6.71 Å². The van der Waals surface area contributed by atoms with Gasteiger partial charge in [-0.25, -0.2) is 5.26 Å². The van der Waals surface area contributed by atoms with Gasteiger partial charge in [0.1, 0.15) is 0 Å². The van der Waals surface area contributed by atoms with Crippen molar-refractivity contribution in [3.05, 3.63) is 18.2 Å². The summed E-state index contributed by atoms with van der Waals surface area (Å²) in [5.41, 5.74) is 11.7. The smallest absolute Gasteiger partial charge is 0.267 e. The van der Waals surface area contributed by atoms with E-state index in [4.69, 9.17) is 16.8 Å². The quantitative estimate of drug-likeness (QED) is 0.337. The van der Waals surface area contributed by atoms with E-state index in [1.54, 1.807) is 0 Å². The molecule has 22 heavy (non-hydrogen) atoms. The Kier molecular flexibility index (Phi) is 4.17. The van der Waals surface area contributed by atoms with Crippen molar-refractivity contribution in [1.82, 2.24) is 0 Å². The van der Waals surface area contributed by atoms with E-state index in [1.165, 1.54) is 31.4 Å². The molecule has 2 aliphatic heterocycles. The summed E-state index contributed by atoms with van der Waals surface area (Å²) in [5, 5.41) is 9.05. The number of nitrogens with zero attached hydrogens (tertiary/aromatic N) is 2. The fourth-order valence-electron chi connectivity index (χ4n) is 3.98. The third-order valence-electron chi connectivity index (χ3n) is 5.61. The molecule has 116 valence electrons. The zero-order valence-electron chi connectivity index (χ0n) is 13.0. The lowest BCUT2D eigenvalue weighted by Gasteiger charge is -2.45. The van der Waals surface area contributed by atoms with Crippen LogP contribution >= 0.6 is 0 Å². The van der Waals surface area contributed by atoms with E-state index in [-0.39, 0.29) is 0 Å². The van der Waals surface area contributed by atoms with Crippen molar-refractivity contribution < 1.29 is 0 Å². The Hall–Kier alpha value is -1.87. The Bertz CT molecular complexity index is 564. The topological polar surface area (TPSA) is 91.1 Å². The molecule has 1 spiro atoms. The Morgan fingerprint density at radius 1 is 1.18 bits per heavy atom. The molecule has 0 atom stereocenters. The van der Waals surface area contributed by atoms with Crippen LogP contribution in [0.1, 0.15) is 25.7 Å². The number of nitrogen functional groups attached to an aromatic ring is 2. The number of hydrogen-bond donors (Lipinski definition) is 3. The molecule has 1 aromatic carbocycles. The molecule has 2 aliphatic rings. The summed E-state index contributed by atoms with van der Waals surface area (Å²) in [6, 6.07) is 6.02. The van der Waals surface area contributed by atoms with Crippen LogP contribution in [0.25, 0.3) is 0 Å². The standard InChI is InChI=1S/C16H24BN5/c18-12-17-7-3-16(4-8-17)5-9-22(10-6-16)13-1-2-15(21-20)14(19)11-13/h1-2,11,21H,3-10,19-20H2. The van der Waals surface area contributed by atoms with Crippen LogP contribution in [-0.2, 0) is 0 Å². The van der Waals surface area contributed by atoms with E-state index in [2.05, 4.69) is 22.4 Å². The van der Waals surface area contributed by atoms with Gasteiger partial charge < -0.3 is 16.1 Å². The molecular weight excluding hydrogens is 273 g/mol. The van der Waals surface area contributed by atoms with Crippen molar-refractivity contribution in [3.63, 3.8) is 0 Å². The predicted octanol–water partition coefficient (Wildman–Crippen LogP) is 2.49. The minimum absolute atomic E-state index is 0.291. The first-order valence-electron chi connectivity index (χ1n) is 8.16. The van der Waals surface area contributed by atoms with Crippen LogP contribution in [-0.4, -0.2) is 19.8 Å². The summed E-state index contributed by atoms with van der Waals surface area (Å²) < 4.78 is 0. The molecule has 0 aliphatic carbocycles. The molecule has 6 heteroatoms. The fraction of sp³-hybridized carbons (Fsp3) is 0.562. The van der Waals surface area contributed by atoms with Crippen LogP contribution in [0.5, 0.6) is 0 Å². The van der Waals surface area contributed by atoms with Crippen molar-refractivity contribution in [3.8, 4) is 5.97 Å². The maximum absolute atomic E-state index is 9.05. The first-order valence-corrected chi connectivity index (χ1v) is 8.16. The molecule has 2 heterocycles. The number of nitriles is 1. The summed E-state index contributed by atoms with van der Waals surface area (Å²) in [4.78, 5) is 2.41. The van der Waals surface area contributed by atoms with Gasteiger partial charge in [-0.3, -0.25) is 5.84 Å². The number of anilines is 3. The first kappa shape index (κ1) is 15.0. The number of nitrogens with two attached hydrogens (primary N) is 2. The normalized spacial score (nSPS) is 20.7. The van der Waals surface area contributed by atoms with Gasteiger partial charge in [-0.2, -0.15) is 0 Å². The second-order valence-electron chi connectivity index (χ2n) is 6.81. The Balaban J connectivity index is 1.62. The number of benzene rings is 1. The number of nitrogens with one attached hydrogen (secondary N) is 1. The van der Waals surface area contributed by atoms with Crippen LogP contribution in [0.3, 0.4) is 0 Å². The molecule has 0 saturated carbocycles. The summed E-state index contributed by atoms with van der Waals surface area (Å²) in [6.45, 7) is 2.44. The van der Waals surface area contributed by atoms with Gasteiger partial charge >= 0.3 is 0 Å². The van der Waals surface area contributed by atoms with Crippen LogP contribution < -0.4 is 21.9 Å². The molecule has 3 rings (SSSR count). The van der Waals surface area contributed by atoms with Gasteiger partial charge in [0.05, 0.1) is 11.4 Å². The van der Waals surface area contributed by atoms with Gasteiger partial charge in [0.2, 0.25) is 0 Å². The average molecular weight is 297 g/mol. The average Bonchev–Trinajstić information content (AvgIpc) is 2.56. The molecular formula is C16H24BN5. The van der Waals surface area contributed by atoms with Crippen LogP contribution in [0.15, 0.2) is 18.2 Å². The Morgan fingerprint density at radius 2 is 1.86 bits per heavy atom. The molecule has 5 nitrogen and oxygen atoms in total. The summed E-state index contributed by atoms with van der Waals surface area (Å²) in [5.74, 6) is 7.87. The van der Waals surface area contributed by atoms with Crippen LogP contribution in [0.4, 0.5) is 17.1 Å². The second kappa shape index (κ2) is 6.09. The van der Waals surface area contributed by atoms with Crippen molar-refractivity contribution in [2.24, 2.45) is 11.3 Å². The lowest BCUT2D eigenvalue weighted by atomic mass is 9.39. The molecule has 5 N–H and O–H groups in total. The SMILES string of the molecule is N#CB1CCC2(CC1)CCN(c1ccc(NN)c(N)c1)CC2. The molecule has 0 amide bonds. The highest BCUT2D eigenvalue weighted by molar-refractivity contribution is 6.67. The highest BCUT2D eigenvalue weighted by atomic mass is 15.2. The van der Waals surface area contributed by atoms with Crippen LogP contribution in [0, 0.1) is 16.6 Å². The van der Waals surface area contributed by atoms with E-state index in [0.29, 0.717) is 17.8 Å². The van der Waals surface area contributed by atoms with E-state index in [9.17, 15) is 0 Å². The summed E-state index contributed by atoms with van der Waals surface area (Å²) in [6.07, 6.45) is 7.05. The lowest BCUT2D eigenvalue weighted by Crippen LogP contribution is -2.42. The van der Waals surface area contributed by atoms with Crippen molar-refractivity contribution >= 4 is 23.8 Å². The monoisotopic (exact) mass is 297 g/mol. The Morgan fingerprint density at radius 3 is 2.41 bits per heavy atom. The minimum Gasteiger partial charge on any atom is -0.397 e. The summed E-state index contributed by atoms with van der Waals surface area (Å²) >= 11 is 0. The van der Waals surface area contributed by atoms with E-state index in [0.717, 1.165) is 31.4 Å². The minimum atomic E-state index is 0.291. The van der Waals surface area contributed by atoms with E-state index < -0.39 is 0 Å². The highest BCUT2D eigenvalue weighted by Crippen LogP contribution is 2.45. The number of rotatable bonds is 2. The molecule has 1 aromatic rings. The maximum Gasteiger partial charge on any atom is 0.267 e. The zero-order valence-corrected chi connectivity index (χ0v) is 13.0. The molecule has 2 fully saturated rings. The third-order valence-corrected chi connectivity index (χ3v) is 5.61. The Labute approximate surface area is 132 Å². The van der Waals surface area contributed by atoms with Crippen molar-refractivity contribution in [2.45, 2.75) is 38.3 Å². The lowest BCUT2D eigenvalue weighted by molar-refractivity contribution is 0.191. The number of hydrogen-bond acceptors (Lipinski definition) is 5. The van der Waals surface area contributed by atoms with Crippen LogP contribution in [0.2, 0.25) is 12.6 Å². The fourth-order valence-corrected chi connectivity index (χ4v) is 3.98. The van der Waals surface area contributed by atoms with Gasteiger partial charge in [-0.05, 0) is 36.5 Å². The van der Waals surface area contributed by atoms with Gasteiger partial charge in [-0.15, -0.1) is 0 Å². The molecule has 2 saturated heterocycles.